The topological polar surface area (TPSA) is 58.2 Å². The maximum Gasteiger partial charge on any atom is 0.416 e. The molecule has 8 heteroatoms. The van der Waals surface area contributed by atoms with Gasteiger partial charge in [-0.25, -0.2) is 4.39 Å². The van der Waals surface area contributed by atoms with Gasteiger partial charge in [-0.1, -0.05) is 18.2 Å². The number of hydrogen-bond acceptors (Lipinski definition) is 2. The lowest BCUT2D eigenvalue weighted by Gasteiger charge is -2.24. The number of rotatable bonds is 4. The molecule has 0 saturated carbocycles. The molecule has 2 aromatic rings. The number of alkyl halides is 3. The van der Waals surface area contributed by atoms with Crippen molar-refractivity contribution in [2.45, 2.75) is 24.9 Å². The lowest BCUT2D eigenvalue weighted by Crippen LogP contribution is -2.36. The summed E-state index contributed by atoms with van der Waals surface area (Å²) in [4.78, 5) is 24.2. The van der Waals surface area contributed by atoms with E-state index in [0.717, 1.165) is 18.2 Å². The predicted molar refractivity (Wildman–Crippen MR) is 90.5 cm³/mol. The second-order valence-corrected chi connectivity index (χ2v) is 6.27. The zero-order chi connectivity index (χ0) is 19.6. The molecule has 2 amide bonds. The summed E-state index contributed by atoms with van der Waals surface area (Å²) in [6, 6.07) is 8.56. The molecule has 4 nitrogen and oxygen atoms in total. The van der Waals surface area contributed by atoms with Gasteiger partial charge in [-0.3, -0.25) is 9.59 Å². The highest BCUT2D eigenvalue weighted by Gasteiger charge is 2.31. The first kappa shape index (κ1) is 18.9. The molecule has 0 radical (unpaired) electrons. The standard InChI is InChI=1S/C19H16F4N2O2/c20-13-5-6-14-15(10-17(26)25-16(14)9-13)18(27)24-8-7-11-1-3-12(4-2-11)19(21,22)23/h1-6,9,15H,7-8,10H2,(H,24,27)(H,25,26). The van der Waals surface area contributed by atoms with Gasteiger partial charge in [0.1, 0.15) is 5.82 Å². The van der Waals surface area contributed by atoms with Crippen LogP contribution in [0.5, 0.6) is 0 Å². The van der Waals surface area contributed by atoms with Gasteiger partial charge in [-0.15, -0.1) is 0 Å². The molecule has 0 spiro atoms. The van der Waals surface area contributed by atoms with Crippen LogP contribution in [0.3, 0.4) is 0 Å². The van der Waals surface area contributed by atoms with Crippen molar-refractivity contribution in [3.8, 4) is 0 Å². The second kappa shape index (κ2) is 7.38. The SMILES string of the molecule is O=C1CC(C(=O)NCCc2ccc(C(F)(F)F)cc2)c2ccc(F)cc2N1. The lowest BCUT2D eigenvalue weighted by molar-refractivity contribution is -0.137. The fourth-order valence-electron chi connectivity index (χ4n) is 2.98. The minimum Gasteiger partial charge on any atom is -0.355 e. The highest BCUT2D eigenvalue weighted by Crippen LogP contribution is 2.33. The first-order valence-electron chi connectivity index (χ1n) is 8.27. The smallest absolute Gasteiger partial charge is 0.355 e. The van der Waals surface area contributed by atoms with Gasteiger partial charge in [0, 0.05) is 18.7 Å². The molecule has 2 N–H and O–H groups in total. The summed E-state index contributed by atoms with van der Waals surface area (Å²) in [5.41, 5.74) is 0.719. The van der Waals surface area contributed by atoms with Crippen LogP contribution in [0.15, 0.2) is 42.5 Å². The van der Waals surface area contributed by atoms with Crippen LogP contribution in [0, 0.1) is 5.82 Å². The Bertz CT molecular complexity index is 863. The van der Waals surface area contributed by atoms with Crippen molar-refractivity contribution in [1.29, 1.82) is 0 Å². The van der Waals surface area contributed by atoms with E-state index in [9.17, 15) is 27.2 Å². The molecular formula is C19H16F4N2O2. The average molecular weight is 380 g/mol. The number of benzene rings is 2. The maximum absolute atomic E-state index is 13.3. The highest BCUT2D eigenvalue weighted by molar-refractivity contribution is 6.01. The van der Waals surface area contributed by atoms with Crippen LogP contribution in [-0.2, 0) is 22.2 Å². The largest absolute Gasteiger partial charge is 0.416 e. The molecule has 1 heterocycles. The number of hydrogen-bond donors (Lipinski definition) is 2. The van der Waals surface area contributed by atoms with Gasteiger partial charge in [0.15, 0.2) is 0 Å². The van der Waals surface area contributed by atoms with Gasteiger partial charge in [0.2, 0.25) is 11.8 Å². The van der Waals surface area contributed by atoms with E-state index in [4.69, 9.17) is 0 Å². The summed E-state index contributed by atoms with van der Waals surface area (Å²) in [5, 5.41) is 5.22. The third-order valence-corrected chi connectivity index (χ3v) is 4.37. The molecule has 1 atom stereocenters. The molecule has 1 unspecified atom stereocenters. The van der Waals surface area contributed by atoms with Crippen LogP contribution < -0.4 is 10.6 Å². The third-order valence-electron chi connectivity index (χ3n) is 4.37. The lowest BCUT2D eigenvalue weighted by atomic mass is 9.89. The van der Waals surface area contributed by atoms with Crippen LogP contribution in [0.4, 0.5) is 23.2 Å². The van der Waals surface area contributed by atoms with Crippen LogP contribution >= 0.6 is 0 Å². The number of carbonyl (C=O) groups is 2. The molecule has 0 aliphatic carbocycles. The fraction of sp³-hybridized carbons (Fsp3) is 0.263. The number of anilines is 1. The fourth-order valence-corrected chi connectivity index (χ4v) is 2.98. The van der Waals surface area contributed by atoms with E-state index in [0.29, 0.717) is 17.5 Å². The van der Waals surface area contributed by atoms with Gasteiger partial charge in [-0.2, -0.15) is 13.2 Å². The maximum atomic E-state index is 13.3. The molecule has 0 aromatic heterocycles. The summed E-state index contributed by atoms with van der Waals surface area (Å²) >= 11 is 0. The molecule has 2 aromatic carbocycles. The van der Waals surface area contributed by atoms with Crippen LogP contribution in [0.2, 0.25) is 0 Å². The zero-order valence-corrected chi connectivity index (χ0v) is 14.1. The zero-order valence-electron chi connectivity index (χ0n) is 14.1. The average Bonchev–Trinajstić information content (AvgIpc) is 2.60. The first-order valence-corrected chi connectivity index (χ1v) is 8.27. The number of nitrogens with one attached hydrogen (secondary N) is 2. The van der Waals surface area contributed by atoms with E-state index in [1.165, 1.54) is 24.3 Å². The molecule has 142 valence electrons. The monoisotopic (exact) mass is 380 g/mol. The van der Waals surface area contributed by atoms with E-state index < -0.39 is 23.5 Å². The van der Waals surface area contributed by atoms with E-state index in [1.807, 2.05) is 0 Å². The van der Waals surface area contributed by atoms with Crippen molar-refractivity contribution in [2.75, 3.05) is 11.9 Å². The molecule has 0 fully saturated rings. The molecule has 3 rings (SSSR count). The van der Waals surface area contributed by atoms with E-state index in [2.05, 4.69) is 10.6 Å². The van der Waals surface area contributed by atoms with Crippen LogP contribution in [0.1, 0.15) is 29.0 Å². The van der Waals surface area contributed by atoms with Crippen molar-refractivity contribution in [3.05, 3.63) is 65.0 Å². The predicted octanol–water partition coefficient (Wildman–Crippen LogP) is 3.63. The highest BCUT2D eigenvalue weighted by atomic mass is 19.4. The summed E-state index contributed by atoms with van der Waals surface area (Å²) in [5.74, 6) is -2.01. The number of amides is 2. The third kappa shape index (κ3) is 4.45. The molecule has 0 bridgehead atoms. The minimum atomic E-state index is -4.39. The van der Waals surface area contributed by atoms with Crippen molar-refractivity contribution in [3.63, 3.8) is 0 Å². The molecular weight excluding hydrogens is 364 g/mol. The van der Waals surface area contributed by atoms with Crippen LogP contribution in [0.25, 0.3) is 0 Å². The van der Waals surface area contributed by atoms with Crippen molar-refractivity contribution < 1.29 is 27.2 Å². The second-order valence-electron chi connectivity index (χ2n) is 6.27. The summed E-state index contributed by atoms with van der Waals surface area (Å²) in [6.45, 7) is 0.207. The van der Waals surface area contributed by atoms with Crippen molar-refractivity contribution >= 4 is 17.5 Å². The number of fused-ring (bicyclic) bond motifs is 1. The summed E-state index contributed by atoms with van der Waals surface area (Å²) in [6.07, 6.45) is -4.09. The Morgan fingerprint density at radius 1 is 1.15 bits per heavy atom. The Morgan fingerprint density at radius 3 is 2.52 bits per heavy atom. The first-order chi connectivity index (χ1) is 12.7. The Labute approximate surface area is 152 Å². The molecule has 27 heavy (non-hydrogen) atoms. The van der Waals surface area contributed by atoms with Crippen LogP contribution in [-0.4, -0.2) is 18.4 Å². The molecule has 1 aliphatic heterocycles. The van der Waals surface area contributed by atoms with Crippen molar-refractivity contribution in [2.24, 2.45) is 0 Å². The van der Waals surface area contributed by atoms with Gasteiger partial charge >= 0.3 is 6.18 Å². The molecule has 0 saturated heterocycles. The van der Waals surface area contributed by atoms with Gasteiger partial charge < -0.3 is 10.6 Å². The van der Waals surface area contributed by atoms with E-state index in [1.54, 1.807) is 0 Å². The Morgan fingerprint density at radius 2 is 1.85 bits per heavy atom. The van der Waals surface area contributed by atoms with E-state index >= 15 is 0 Å². The molecule has 1 aliphatic rings. The van der Waals surface area contributed by atoms with Crippen molar-refractivity contribution in [1.82, 2.24) is 5.32 Å². The number of carbonyl (C=O) groups excluding carboxylic acids is 2. The Hall–Kier alpha value is -2.90. The van der Waals surface area contributed by atoms with Gasteiger partial charge in [0.05, 0.1) is 11.5 Å². The summed E-state index contributed by atoms with van der Waals surface area (Å²) < 4.78 is 51.0. The number of halogens is 4. The minimum absolute atomic E-state index is 0.0508. The van der Waals surface area contributed by atoms with Gasteiger partial charge in [-0.05, 0) is 41.8 Å². The van der Waals surface area contributed by atoms with E-state index in [-0.39, 0.29) is 30.5 Å². The summed E-state index contributed by atoms with van der Waals surface area (Å²) in [7, 11) is 0. The Kier molecular flexibility index (Phi) is 5.16. The normalized spacial score (nSPS) is 16.4. The Balaban J connectivity index is 1.61. The quantitative estimate of drug-likeness (QED) is 0.796. The van der Waals surface area contributed by atoms with Gasteiger partial charge in [0.25, 0.3) is 0 Å².